The molecule has 0 aliphatic rings. The first-order chi connectivity index (χ1) is 21.5. The Hall–Kier alpha value is -3.38. The molecule has 0 saturated carbocycles. The molecule has 0 unspecified atom stereocenters. The standard InChI is InChI=1S/C21H25.C10H7.C6H4Cl.C5H5.CH2.Zr/c1-20(2,3)16-7-9-18-14(12-16)11-15-13-17(21(4,5)6)8-10-19(15)18;1-2-6-10-8-4-3-7-9(10)5-1;7-6-4-2-1-3-5-6;1-2-4-5-3-1;;/h7-13H,1-6H3;1-7H;1-2,4-5H;1-5H;1H2;/q4*-1;;. The summed E-state index contributed by atoms with van der Waals surface area (Å²) in [6.07, 6.45) is 0. The van der Waals surface area contributed by atoms with Crippen LogP contribution in [0.25, 0.3) is 32.3 Å². The van der Waals surface area contributed by atoms with Crippen molar-refractivity contribution >= 4 is 48.1 Å². The molecule has 0 nitrogen and oxygen atoms in total. The third-order valence-corrected chi connectivity index (χ3v) is 7.47. The summed E-state index contributed by atoms with van der Waals surface area (Å²) in [5.41, 5.74) is 3.21. The number of hydrogen-bond donors (Lipinski definition) is 0. The summed E-state index contributed by atoms with van der Waals surface area (Å²) in [6.45, 7) is 13.6. The van der Waals surface area contributed by atoms with Crippen LogP contribution in [0.1, 0.15) is 52.7 Å². The zero-order chi connectivity index (χ0) is 32.9. The van der Waals surface area contributed by atoms with Gasteiger partial charge < -0.3 is 0 Å². The van der Waals surface area contributed by atoms with Gasteiger partial charge in [0.05, 0.1) is 0 Å². The summed E-state index contributed by atoms with van der Waals surface area (Å²) >= 11 is 6.81. The van der Waals surface area contributed by atoms with E-state index in [0.717, 1.165) is 5.02 Å². The van der Waals surface area contributed by atoms with Gasteiger partial charge in [0.25, 0.3) is 0 Å². The van der Waals surface area contributed by atoms with Crippen LogP contribution in [-0.4, -0.2) is 4.21 Å². The normalized spacial score (nSPS) is 10.7. The fraction of sp³-hybridized carbons (Fsp3) is 0.186. The Morgan fingerprint density at radius 1 is 0.644 bits per heavy atom. The maximum absolute atomic E-state index is 5.51. The molecular weight excluding hydrogens is 643 g/mol. The summed E-state index contributed by atoms with van der Waals surface area (Å²) in [4.78, 5) is 0. The van der Waals surface area contributed by atoms with E-state index < -0.39 is 0 Å². The first-order valence-corrected chi connectivity index (χ1v) is 17.3. The van der Waals surface area contributed by atoms with Crippen molar-refractivity contribution in [2.45, 2.75) is 52.4 Å². The zero-order valence-electron chi connectivity index (χ0n) is 27.4. The van der Waals surface area contributed by atoms with Crippen molar-refractivity contribution in [3.8, 4) is 0 Å². The van der Waals surface area contributed by atoms with E-state index in [4.69, 9.17) is 11.6 Å². The molecule has 45 heavy (non-hydrogen) atoms. The van der Waals surface area contributed by atoms with Crippen molar-refractivity contribution in [1.29, 1.82) is 0 Å². The van der Waals surface area contributed by atoms with Crippen LogP contribution in [0.5, 0.6) is 0 Å². The predicted molar refractivity (Wildman–Crippen MR) is 197 cm³/mol. The topological polar surface area (TPSA) is 0 Å². The molecule has 2 heteroatoms. The molecule has 0 saturated heterocycles. The maximum Gasteiger partial charge on any atom is -0.0801 e. The quantitative estimate of drug-likeness (QED) is 0.139. The molecule has 0 aromatic heterocycles. The average Bonchev–Trinajstić information content (AvgIpc) is 3.74. The molecule has 0 fully saturated rings. The summed E-state index contributed by atoms with van der Waals surface area (Å²) in [5, 5.41) is 8.65. The maximum atomic E-state index is 5.51. The molecule has 7 aromatic carbocycles. The smallest absolute Gasteiger partial charge is 0.0801 e. The number of hydrogen-bond acceptors (Lipinski definition) is 0. The molecular formula is C43H43ClZr-4. The summed E-state index contributed by atoms with van der Waals surface area (Å²) < 4.78 is 3.34. The zero-order valence-corrected chi connectivity index (χ0v) is 30.6. The van der Waals surface area contributed by atoms with Gasteiger partial charge in [0, 0.05) is 0 Å². The van der Waals surface area contributed by atoms with Gasteiger partial charge in [-0.1, -0.05) is 94.1 Å². The molecule has 7 aromatic rings. The Balaban J connectivity index is 0.000000189. The Kier molecular flexibility index (Phi) is 13.9. The summed E-state index contributed by atoms with van der Waals surface area (Å²) in [6, 6.07) is 53.6. The summed E-state index contributed by atoms with van der Waals surface area (Å²) in [5.74, 6) is 0. The molecule has 7 rings (SSSR count). The second-order valence-electron chi connectivity index (χ2n) is 12.7. The fourth-order valence-electron chi connectivity index (χ4n) is 4.71. The number of halogens is 1. The summed E-state index contributed by atoms with van der Waals surface area (Å²) in [7, 11) is 0. The fourth-order valence-corrected chi connectivity index (χ4v) is 4.85. The van der Waals surface area contributed by atoms with Crippen molar-refractivity contribution in [2.75, 3.05) is 0 Å². The van der Waals surface area contributed by atoms with Crippen LogP contribution in [0.3, 0.4) is 0 Å². The first-order valence-electron chi connectivity index (χ1n) is 15.2. The van der Waals surface area contributed by atoms with Crippen LogP contribution in [0.4, 0.5) is 0 Å². The minimum absolute atomic E-state index is 0.203. The third kappa shape index (κ3) is 11.2. The number of benzene rings is 5. The van der Waals surface area contributed by atoms with Gasteiger partial charge in [-0.15, -0.1) is 86.9 Å². The molecule has 0 spiro atoms. The molecule has 0 radical (unpaired) electrons. The average molecular weight is 686 g/mol. The Labute approximate surface area is 290 Å². The van der Waals surface area contributed by atoms with E-state index in [2.05, 4.69) is 119 Å². The van der Waals surface area contributed by atoms with E-state index in [1.807, 2.05) is 72.8 Å². The van der Waals surface area contributed by atoms with Crippen molar-refractivity contribution in [3.63, 3.8) is 0 Å². The van der Waals surface area contributed by atoms with Gasteiger partial charge in [-0.3, -0.25) is 0 Å². The van der Waals surface area contributed by atoms with E-state index >= 15 is 0 Å². The van der Waals surface area contributed by atoms with Gasteiger partial charge in [0.15, 0.2) is 0 Å². The van der Waals surface area contributed by atoms with Crippen molar-refractivity contribution in [3.05, 3.63) is 168 Å². The molecule has 230 valence electrons. The van der Waals surface area contributed by atoms with E-state index in [0.29, 0.717) is 0 Å². The van der Waals surface area contributed by atoms with Gasteiger partial charge in [-0.25, -0.2) is 12.1 Å². The van der Waals surface area contributed by atoms with Crippen molar-refractivity contribution in [2.24, 2.45) is 0 Å². The molecule has 0 aliphatic carbocycles. The molecule has 0 N–H and O–H groups in total. The van der Waals surface area contributed by atoms with Gasteiger partial charge in [0.2, 0.25) is 0 Å². The second kappa shape index (κ2) is 17.4. The van der Waals surface area contributed by atoms with Crippen LogP contribution < -0.4 is 0 Å². The van der Waals surface area contributed by atoms with Gasteiger partial charge >= 0.3 is 28.4 Å². The molecule has 0 bridgehead atoms. The SMILES string of the molecule is CC(C)(C)c1ccc2c(c1)[cH-]c1cc(C(C)(C)C)ccc12.Clc1c[c-]ccc1.[CH2]=[Zr].[c-]1cccc2ccccc12.c1cc[cH-]c1. The monoisotopic (exact) mass is 684 g/mol. The van der Waals surface area contributed by atoms with Crippen LogP contribution in [0, 0.1) is 12.1 Å². The number of fused-ring (bicyclic) bond motifs is 4. The number of rotatable bonds is 0. The molecule has 0 atom stereocenters. The van der Waals surface area contributed by atoms with Gasteiger partial charge in [-0.2, -0.15) is 60.1 Å². The van der Waals surface area contributed by atoms with E-state index in [1.165, 1.54) is 67.7 Å². The first kappa shape index (κ1) is 36.1. The second-order valence-corrected chi connectivity index (χ2v) is 13.1. The van der Waals surface area contributed by atoms with E-state index in [9.17, 15) is 0 Å². The largest absolute Gasteiger partial charge is 0.214 e. The Bertz CT molecular complexity index is 1700. The van der Waals surface area contributed by atoms with E-state index in [1.54, 1.807) is 6.07 Å². The van der Waals surface area contributed by atoms with Crippen LogP contribution in [0.2, 0.25) is 5.02 Å². The minimum Gasteiger partial charge on any atom is -0.214 e. The van der Waals surface area contributed by atoms with Gasteiger partial charge in [-0.05, 0) is 10.8 Å². The van der Waals surface area contributed by atoms with E-state index in [-0.39, 0.29) is 10.8 Å². The van der Waals surface area contributed by atoms with Crippen molar-refractivity contribution in [1.82, 2.24) is 0 Å². The Morgan fingerprint density at radius 3 is 1.60 bits per heavy atom. The van der Waals surface area contributed by atoms with Crippen LogP contribution in [-0.2, 0) is 35.1 Å². The van der Waals surface area contributed by atoms with Crippen molar-refractivity contribution < 1.29 is 24.2 Å². The van der Waals surface area contributed by atoms with Gasteiger partial charge in [0.1, 0.15) is 0 Å². The Morgan fingerprint density at radius 2 is 1.18 bits per heavy atom. The molecule has 0 amide bonds. The minimum atomic E-state index is 0.203. The molecule has 0 heterocycles. The van der Waals surface area contributed by atoms with Crippen LogP contribution in [0.15, 0.2) is 140 Å². The molecule has 0 aliphatic heterocycles. The third-order valence-electron chi connectivity index (χ3n) is 7.23. The van der Waals surface area contributed by atoms with Crippen LogP contribution >= 0.6 is 11.6 Å². The predicted octanol–water partition coefficient (Wildman–Crippen LogP) is 12.5.